The number of aryl methyl sites for hydroxylation is 3. The van der Waals surface area contributed by atoms with Crippen molar-refractivity contribution in [2.75, 3.05) is 0 Å². The fraction of sp³-hybridized carbons (Fsp3) is 0.222. The molecule has 6 heteroatoms. The summed E-state index contributed by atoms with van der Waals surface area (Å²) in [6.07, 6.45) is 0. The van der Waals surface area contributed by atoms with Gasteiger partial charge in [0.15, 0.2) is 0 Å². The number of carbonyl (C=O) groups is 1. The van der Waals surface area contributed by atoms with Crippen molar-refractivity contribution in [2.45, 2.75) is 27.7 Å². The molecule has 0 saturated carbocycles. The van der Waals surface area contributed by atoms with Crippen LogP contribution in [0.5, 0.6) is 0 Å². The molecular formula is C18H19N3O3. The third-order valence-corrected chi connectivity index (χ3v) is 3.87. The maximum absolute atomic E-state index is 12.1. The van der Waals surface area contributed by atoms with Crippen LogP contribution in [0.2, 0.25) is 0 Å². The first-order chi connectivity index (χ1) is 11.3. The van der Waals surface area contributed by atoms with Gasteiger partial charge in [0.05, 0.1) is 10.6 Å². The van der Waals surface area contributed by atoms with E-state index in [9.17, 15) is 14.9 Å². The van der Waals surface area contributed by atoms with Crippen LogP contribution in [0, 0.1) is 30.9 Å². The summed E-state index contributed by atoms with van der Waals surface area (Å²) in [6.45, 7) is 7.86. The molecule has 0 saturated heterocycles. The van der Waals surface area contributed by atoms with Gasteiger partial charge in [-0.2, -0.15) is 5.10 Å². The molecule has 6 nitrogen and oxygen atoms in total. The Morgan fingerprint density at radius 3 is 2.42 bits per heavy atom. The summed E-state index contributed by atoms with van der Waals surface area (Å²) in [7, 11) is 0. The number of nitro groups is 1. The average molecular weight is 325 g/mol. The van der Waals surface area contributed by atoms with E-state index in [2.05, 4.69) is 16.6 Å². The van der Waals surface area contributed by atoms with Gasteiger partial charge in [0.2, 0.25) is 0 Å². The number of rotatable bonds is 4. The molecule has 0 radical (unpaired) electrons. The van der Waals surface area contributed by atoms with Crippen molar-refractivity contribution in [3.63, 3.8) is 0 Å². The molecule has 24 heavy (non-hydrogen) atoms. The molecule has 1 amide bonds. The maximum atomic E-state index is 12.1. The van der Waals surface area contributed by atoms with Crippen LogP contribution >= 0.6 is 0 Å². The van der Waals surface area contributed by atoms with Gasteiger partial charge in [0.1, 0.15) is 0 Å². The first-order valence-corrected chi connectivity index (χ1v) is 7.47. The predicted octanol–water partition coefficient (Wildman–Crippen LogP) is 3.67. The van der Waals surface area contributed by atoms with Crippen molar-refractivity contribution in [1.82, 2.24) is 5.43 Å². The van der Waals surface area contributed by atoms with Crippen LogP contribution in [0.3, 0.4) is 0 Å². The number of hydrogen-bond acceptors (Lipinski definition) is 4. The van der Waals surface area contributed by atoms with Crippen molar-refractivity contribution in [3.8, 4) is 0 Å². The van der Waals surface area contributed by atoms with Gasteiger partial charge in [0, 0.05) is 23.3 Å². The number of nitrogens with one attached hydrogen (secondary N) is 1. The normalized spacial score (nSPS) is 11.2. The lowest BCUT2D eigenvalue weighted by Crippen LogP contribution is -2.19. The monoisotopic (exact) mass is 325 g/mol. The number of hydrogen-bond donors (Lipinski definition) is 1. The molecule has 0 heterocycles. The van der Waals surface area contributed by atoms with Crippen molar-refractivity contribution in [1.29, 1.82) is 0 Å². The van der Waals surface area contributed by atoms with E-state index in [4.69, 9.17) is 0 Å². The second kappa shape index (κ2) is 7.04. The summed E-state index contributed by atoms with van der Waals surface area (Å²) in [5, 5.41) is 14.9. The molecule has 0 aliphatic rings. The standard InChI is InChI=1S/C18H19N3O3/c1-11-8-13(3)17(9-12(11)2)14(4)19-20-18(22)15-6-5-7-16(10-15)21(23)24/h5-10H,1-4H3,(H,20,22)/b19-14+. The Labute approximate surface area is 140 Å². The maximum Gasteiger partial charge on any atom is 0.271 e. The molecule has 0 aliphatic heterocycles. The van der Waals surface area contributed by atoms with Gasteiger partial charge >= 0.3 is 0 Å². The van der Waals surface area contributed by atoms with E-state index in [0.29, 0.717) is 5.71 Å². The lowest BCUT2D eigenvalue weighted by atomic mass is 9.98. The number of benzene rings is 2. The van der Waals surface area contributed by atoms with E-state index in [-0.39, 0.29) is 11.3 Å². The molecule has 2 rings (SSSR count). The minimum absolute atomic E-state index is 0.131. The summed E-state index contributed by atoms with van der Waals surface area (Å²) in [4.78, 5) is 22.4. The van der Waals surface area contributed by atoms with E-state index in [1.165, 1.54) is 29.8 Å². The molecule has 0 spiro atoms. The number of non-ortho nitro benzene ring substituents is 1. The smallest absolute Gasteiger partial charge is 0.267 e. The zero-order valence-electron chi connectivity index (χ0n) is 14.1. The summed E-state index contributed by atoms with van der Waals surface area (Å²) in [5.41, 5.74) is 7.56. The molecule has 2 aromatic rings. The number of amides is 1. The lowest BCUT2D eigenvalue weighted by molar-refractivity contribution is -0.384. The Bertz CT molecular complexity index is 841. The van der Waals surface area contributed by atoms with Crippen LogP contribution in [0.25, 0.3) is 0 Å². The third-order valence-electron chi connectivity index (χ3n) is 3.87. The minimum atomic E-state index is -0.538. The van der Waals surface area contributed by atoms with E-state index in [1.54, 1.807) is 0 Å². The quantitative estimate of drug-likeness (QED) is 0.529. The molecule has 0 atom stereocenters. The van der Waals surface area contributed by atoms with Crippen LogP contribution in [0.15, 0.2) is 41.5 Å². The van der Waals surface area contributed by atoms with Gasteiger partial charge in [0.25, 0.3) is 11.6 Å². The molecule has 0 unspecified atom stereocenters. The topological polar surface area (TPSA) is 84.6 Å². The summed E-state index contributed by atoms with van der Waals surface area (Å²) in [6, 6.07) is 9.64. The fourth-order valence-electron chi connectivity index (χ4n) is 2.37. The lowest BCUT2D eigenvalue weighted by Gasteiger charge is -2.10. The molecule has 124 valence electrons. The molecule has 0 bridgehead atoms. The zero-order chi connectivity index (χ0) is 17.9. The van der Waals surface area contributed by atoms with Crippen LogP contribution in [0.4, 0.5) is 5.69 Å². The van der Waals surface area contributed by atoms with Gasteiger partial charge in [-0.15, -0.1) is 0 Å². The number of carbonyl (C=O) groups excluding carboxylic acids is 1. The van der Waals surface area contributed by atoms with E-state index >= 15 is 0 Å². The largest absolute Gasteiger partial charge is 0.271 e. The summed E-state index contributed by atoms with van der Waals surface area (Å²) in [5.74, 6) is -0.487. The van der Waals surface area contributed by atoms with Crippen molar-refractivity contribution >= 4 is 17.3 Å². The van der Waals surface area contributed by atoms with Crippen LogP contribution in [0.1, 0.15) is 39.5 Å². The number of nitrogens with zero attached hydrogens (tertiary/aromatic N) is 2. The van der Waals surface area contributed by atoms with E-state index in [0.717, 1.165) is 16.7 Å². The Morgan fingerprint density at radius 1 is 1.08 bits per heavy atom. The van der Waals surface area contributed by atoms with E-state index < -0.39 is 10.8 Å². The van der Waals surface area contributed by atoms with Crippen LogP contribution in [-0.4, -0.2) is 16.5 Å². The molecule has 0 fully saturated rings. The Hall–Kier alpha value is -3.02. The first-order valence-electron chi connectivity index (χ1n) is 7.47. The summed E-state index contributed by atoms with van der Waals surface area (Å²) < 4.78 is 0. The summed E-state index contributed by atoms with van der Waals surface area (Å²) >= 11 is 0. The fourth-order valence-corrected chi connectivity index (χ4v) is 2.37. The van der Waals surface area contributed by atoms with E-state index in [1.807, 2.05) is 33.8 Å². The SMILES string of the molecule is C/C(=N\NC(=O)c1cccc([N+](=O)[O-])c1)c1cc(C)c(C)cc1C. The highest BCUT2D eigenvalue weighted by molar-refractivity contribution is 6.02. The molecule has 0 aromatic heterocycles. The third kappa shape index (κ3) is 3.84. The second-order valence-electron chi connectivity index (χ2n) is 5.70. The van der Waals surface area contributed by atoms with Gasteiger partial charge in [-0.1, -0.05) is 12.1 Å². The average Bonchev–Trinajstić information content (AvgIpc) is 2.55. The van der Waals surface area contributed by atoms with Crippen LogP contribution < -0.4 is 5.43 Å². The highest BCUT2D eigenvalue weighted by Gasteiger charge is 2.11. The van der Waals surface area contributed by atoms with Gasteiger partial charge in [-0.05, 0) is 56.5 Å². The minimum Gasteiger partial charge on any atom is -0.267 e. The molecule has 0 aliphatic carbocycles. The zero-order valence-corrected chi connectivity index (χ0v) is 14.1. The number of hydrazone groups is 1. The Morgan fingerprint density at radius 2 is 1.75 bits per heavy atom. The second-order valence-corrected chi connectivity index (χ2v) is 5.70. The molecule has 1 N–H and O–H groups in total. The number of nitro benzene ring substituents is 1. The van der Waals surface area contributed by atoms with Gasteiger partial charge < -0.3 is 0 Å². The molecule has 2 aromatic carbocycles. The van der Waals surface area contributed by atoms with Gasteiger partial charge in [-0.3, -0.25) is 14.9 Å². The van der Waals surface area contributed by atoms with Crippen LogP contribution in [-0.2, 0) is 0 Å². The highest BCUT2D eigenvalue weighted by Crippen LogP contribution is 2.16. The van der Waals surface area contributed by atoms with Crippen molar-refractivity contribution < 1.29 is 9.72 Å². The Kier molecular flexibility index (Phi) is 5.08. The van der Waals surface area contributed by atoms with Crippen molar-refractivity contribution in [2.24, 2.45) is 5.10 Å². The predicted molar refractivity (Wildman–Crippen MR) is 93.4 cm³/mol. The first kappa shape index (κ1) is 17.3. The molecular weight excluding hydrogens is 306 g/mol. The van der Waals surface area contributed by atoms with Gasteiger partial charge in [-0.25, -0.2) is 5.43 Å². The van der Waals surface area contributed by atoms with Crippen molar-refractivity contribution in [3.05, 3.63) is 74.3 Å². The Balaban J connectivity index is 2.21. The highest BCUT2D eigenvalue weighted by atomic mass is 16.6.